The van der Waals surface area contributed by atoms with Crippen LogP contribution in [0.1, 0.15) is 62.9 Å². The van der Waals surface area contributed by atoms with E-state index in [0.29, 0.717) is 18.0 Å². The van der Waals surface area contributed by atoms with Crippen LogP contribution < -0.4 is 14.8 Å². The van der Waals surface area contributed by atoms with E-state index in [1.165, 1.54) is 5.56 Å². The molecule has 4 heterocycles. The summed E-state index contributed by atoms with van der Waals surface area (Å²) < 4.78 is 12.3. The third-order valence-electron chi connectivity index (χ3n) is 7.36. The number of ether oxygens (including phenoxy) is 2. The maximum absolute atomic E-state index is 9.85. The van der Waals surface area contributed by atoms with Crippen molar-refractivity contribution in [1.29, 1.82) is 5.26 Å². The number of fused-ring (bicyclic) bond motifs is 3. The number of anilines is 1. The number of rotatable bonds is 5. The molecule has 0 saturated carbocycles. The number of nitrogens with one attached hydrogen (secondary N) is 2. The van der Waals surface area contributed by atoms with Crippen LogP contribution in [0.25, 0.3) is 22.6 Å². The molecule has 0 unspecified atom stereocenters. The maximum atomic E-state index is 9.85. The van der Waals surface area contributed by atoms with Crippen LogP contribution in [-0.2, 0) is 5.41 Å². The largest absolute Gasteiger partial charge is 0.496 e. The standard InChI is InChI=1S/C29H35N5O2/c1-6-34-11-9-20(10-12-34)36-27-23(15-30)31-17-24-26(27)21-13-19(16-32-28(21)33-24)18-7-8-22(29(2,3)4)25(14-18)35-5/h7-8,13-14,17,20,32-33H,6,9-12,16H2,1-5H3. The van der Waals surface area contributed by atoms with Crippen LogP contribution in [-0.4, -0.2) is 54.3 Å². The van der Waals surface area contributed by atoms with Gasteiger partial charge in [0.2, 0.25) is 0 Å². The monoisotopic (exact) mass is 485 g/mol. The van der Waals surface area contributed by atoms with Gasteiger partial charge in [0.25, 0.3) is 0 Å². The molecule has 1 aromatic carbocycles. The van der Waals surface area contributed by atoms with Crippen LogP contribution in [0.2, 0.25) is 0 Å². The van der Waals surface area contributed by atoms with Crippen molar-refractivity contribution in [3.8, 4) is 17.6 Å². The van der Waals surface area contributed by atoms with Crippen LogP contribution in [0.4, 0.5) is 5.82 Å². The molecule has 5 rings (SSSR count). The van der Waals surface area contributed by atoms with E-state index >= 15 is 0 Å². The number of H-pyrrole nitrogens is 1. The third-order valence-corrected chi connectivity index (χ3v) is 7.36. The fourth-order valence-electron chi connectivity index (χ4n) is 5.28. The van der Waals surface area contributed by atoms with Crippen molar-refractivity contribution >= 4 is 28.4 Å². The predicted octanol–water partition coefficient (Wildman–Crippen LogP) is 5.57. The molecule has 0 atom stereocenters. The highest BCUT2D eigenvalue weighted by molar-refractivity contribution is 6.05. The lowest BCUT2D eigenvalue weighted by Gasteiger charge is -2.31. The van der Waals surface area contributed by atoms with Gasteiger partial charge in [-0.15, -0.1) is 0 Å². The molecule has 1 saturated heterocycles. The maximum Gasteiger partial charge on any atom is 0.183 e. The normalized spacial score (nSPS) is 16.7. The summed E-state index contributed by atoms with van der Waals surface area (Å²) in [5.41, 5.74) is 5.64. The van der Waals surface area contributed by atoms with Gasteiger partial charge in [0, 0.05) is 25.2 Å². The first-order valence-electron chi connectivity index (χ1n) is 12.8. The Kier molecular flexibility index (Phi) is 6.40. The van der Waals surface area contributed by atoms with Crippen molar-refractivity contribution in [3.63, 3.8) is 0 Å². The first-order valence-corrected chi connectivity index (χ1v) is 12.8. The third kappa shape index (κ3) is 4.42. The van der Waals surface area contributed by atoms with Crippen molar-refractivity contribution < 1.29 is 9.47 Å². The molecule has 1 fully saturated rings. The minimum atomic E-state index is -0.00665. The van der Waals surface area contributed by atoms with Crippen molar-refractivity contribution in [3.05, 3.63) is 46.8 Å². The molecule has 0 bridgehead atoms. The predicted molar refractivity (Wildman–Crippen MR) is 145 cm³/mol. The van der Waals surface area contributed by atoms with Crippen molar-refractivity contribution in [1.82, 2.24) is 14.9 Å². The topological polar surface area (TPSA) is 86.2 Å². The van der Waals surface area contributed by atoms with E-state index in [0.717, 1.165) is 71.6 Å². The Morgan fingerprint density at radius 2 is 2.00 bits per heavy atom. The summed E-state index contributed by atoms with van der Waals surface area (Å²) >= 11 is 0. The average molecular weight is 486 g/mol. The number of hydrogen-bond acceptors (Lipinski definition) is 6. The van der Waals surface area contributed by atoms with Gasteiger partial charge in [-0.1, -0.05) is 39.8 Å². The molecule has 3 aromatic rings. The van der Waals surface area contributed by atoms with E-state index in [9.17, 15) is 5.26 Å². The van der Waals surface area contributed by atoms with Crippen molar-refractivity contribution in [2.45, 2.75) is 52.1 Å². The molecule has 2 aliphatic rings. The number of pyridine rings is 1. The first kappa shape index (κ1) is 24.2. The molecule has 7 heteroatoms. The van der Waals surface area contributed by atoms with Gasteiger partial charge >= 0.3 is 0 Å². The number of hydrogen-bond donors (Lipinski definition) is 2. The molecule has 0 spiro atoms. The highest BCUT2D eigenvalue weighted by Crippen LogP contribution is 2.41. The van der Waals surface area contributed by atoms with Gasteiger partial charge in [0.15, 0.2) is 11.4 Å². The summed E-state index contributed by atoms with van der Waals surface area (Å²) in [7, 11) is 1.73. The Hall–Kier alpha value is -3.50. The molecular weight excluding hydrogens is 450 g/mol. The number of piperidine rings is 1. The van der Waals surface area contributed by atoms with Gasteiger partial charge in [0.1, 0.15) is 23.7 Å². The fraction of sp³-hybridized carbons (Fsp3) is 0.448. The van der Waals surface area contributed by atoms with Crippen LogP contribution in [0.5, 0.6) is 11.5 Å². The molecule has 2 N–H and O–H groups in total. The molecule has 2 aliphatic heterocycles. The molecule has 2 aromatic heterocycles. The molecule has 0 aliphatic carbocycles. The fourth-order valence-corrected chi connectivity index (χ4v) is 5.28. The van der Waals surface area contributed by atoms with Gasteiger partial charge in [0.05, 0.1) is 24.2 Å². The Morgan fingerprint density at radius 1 is 1.22 bits per heavy atom. The first-order chi connectivity index (χ1) is 17.3. The average Bonchev–Trinajstić information content (AvgIpc) is 3.26. The summed E-state index contributed by atoms with van der Waals surface area (Å²) in [5.74, 6) is 2.40. The van der Waals surface area contributed by atoms with Crippen LogP contribution in [0, 0.1) is 11.3 Å². The zero-order valence-corrected chi connectivity index (χ0v) is 21.9. The zero-order valence-electron chi connectivity index (χ0n) is 21.9. The molecule has 36 heavy (non-hydrogen) atoms. The molecule has 0 amide bonds. The van der Waals surface area contributed by atoms with E-state index in [4.69, 9.17) is 9.47 Å². The Bertz CT molecular complexity index is 1350. The van der Waals surface area contributed by atoms with E-state index in [-0.39, 0.29) is 11.5 Å². The minimum Gasteiger partial charge on any atom is -0.496 e. The second-order valence-electron chi connectivity index (χ2n) is 10.7. The summed E-state index contributed by atoms with van der Waals surface area (Å²) in [5, 5.41) is 14.3. The van der Waals surface area contributed by atoms with Crippen molar-refractivity contribution in [2.24, 2.45) is 0 Å². The van der Waals surface area contributed by atoms with E-state index in [2.05, 4.69) is 78.2 Å². The Morgan fingerprint density at radius 3 is 2.67 bits per heavy atom. The van der Waals surface area contributed by atoms with E-state index in [1.54, 1.807) is 13.3 Å². The summed E-state index contributed by atoms with van der Waals surface area (Å²) in [6.45, 7) is 12.5. The molecule has 7 nitrogen and oxygen atoms in total. The Labute approximate surface area is 213 Å². The number of nitrogens with zero attached hydrogens (tertiary/aromatic N) is 3. The van der Waals surface area contributed by atoms with Crippen LogP contribution in [0.15, 0.2) is 24.4 Å². The lowest BCUT2D eigenvalue weighted by atomic mass is 9.85. The second kappa shape index (κ2) is 9.51. The van der Waals surface area contributed by atoms with Gasteiger partial charge in [-0.05, 0) is 53.6 Å². The summed E-state index contributed by atoms with van der Waals surface area (Å²) in [4.78, 5) is 10.3. The van der Waals surface area contributed by atoms with Gasteiger partial charge in [-0.25, -0.2) is 4.98 Å². The van der Waals surface area contributed by atoms with Crippen molar-refractivity contribution in [2.75, 3.05) is 38.6 Å². The van der Waals surface area contributed by atoms with Crippen LogP contribution >= 0.6 is 0 Å². The molecule has 188 valence electrons. The SMILES string of the molecule is CCN1CCC(Oc2c(C#N)ncc3[nH]c4c(c23)C=C(c2ccc(C(C)(C)C)c(OC)c2)CN4)CC1. The van der Waals surface area contributed by atoms with Gasteiger partial charge < -0.3 is 24.7 Å². The summed E-state index contributed by atoms with van der Waals surface area (Å²) in [6.07, 6.45) is 5.90. The number of nitriles is 1. The lowest BCUT2D eigenvalue weighted by molar-refractivity contribution is 0.104. The molecule has 0 radical (unpaired) electrons. The zero-order chi connectivity index (χ0) is 25.4. The summed E-state index contributed by atoms with van der Waals surface area (Å²) in [6, 6.07) is 8.70. The number of likely N-dealkylation sites (tertiary alicyclic amines) is 1. The quantitative estimate of drug-likeness (QED) is 0.491. The smallest absolute Gasteiger partial charge is 0.183 e. The number of aromatic amines is 1. The van der Waals surface area contributed by atoms with Gasteiger partial charge in [-0.2, -0.15) is 5.26 Å². The van der Waals surface area contributed by atoms with Crippen LogP contribution in [0.3, 0.4) is 0 Å². The lowest BCUT2D eigenvalue weighted by Crippen LogP contribution is -2.38. The van der Waals surface area contributed by atoms with Gasteiger partial charge in [-0.3, -0.25) is 0 Å². The highest BCUT2D eigenvalue weighted by atomic mass is 16.5. The van der Waals surface area contributed by atoms with E-state index in [1.807, 2.05) is 0 Å². The second-order valence-corrected chi connectivity index (χ2v) is 10.7. The minimum absolute atomic E-state index is 0.00665. The van der Waals surface area contributed by atoms with E-state index < -0.39 is 0 Å². The number of benzene rings is 1. The highest BCUT2D eigenvalue weighted by Gasteiger charge is 2.27. The molecular formula is C29H35N5O2. The number of methoxy groups -OCH3 is 1. The number of aromatic nitrogens is 2. The Balaban J connectivity index is 1.56.